The third kappa shape index (κ3) is 4.22. The molecule has 0 spiro atoms. The van der Waals surface area contributed by atoms with Crippen LogP contribution in [-0.4, -0.2) is 81.8 Å². The minimum Gasteiger partial charge on any atom is -0.480 e. The predicted octanol–water partition coefficient (Wildman–Crippen LogP) is -0.316. The molecule has 3 heterocycles. The number of carbonyl (C=O) groups is 2. The number of nitrogens with two attached hydrogens (primary N) is 1. The molecule has 2 aromatic rings. The van der Waals surface area contributed by atoms with Crippen molar-refractivity contribution < 1.29 is 14.7 Å². The smallest absolute Gasteiger partial charge is 0.354 e. The van der Waals surface area contributed by atoms with Crippen LogP contribution in [0.25, 0.3) is 5.69 Å². The third-order valence-electron chi connectivity index (χ3n) is 6.82. The second kappa shape index (κ2) is 8.58. The molecule has 2 aliphatic heterocycles. The van der Waals surface area contributed by atoms with Crippen LogP contribution in [0.2, 0.25) is 0 Å². The maximum absolute atomic E-state index is 12.6. The number of urea groups is 1. The van der Waals surface area contributed by atoms with Gasteiger partial charge in [0.05, 0.1) is 5.69 Å². The normalized spacial score (nSPS) is 25.4. The molecule has 3 fully saturated rings. The van der Waals surface area contributed by atoms with E-state index in [2.05, 4.69) is 15.6 Å². The Bertz CT molecular complexity index is 1100. The largest absolute Gasteiger partial charge is 0.480 e. The summed E-state index contributed by atoms with van der Waals surface area (Å²) in [6.07, 6.45) is 1.54. The van der Waals surface area contributed by atoms with Crippen molar-refractivity contribution in [1.82, 2.24) is 24.7 Å². The van der Waals surface area contributed by atoms with Crippen molar-refractivity contribution in [3.05, 3.63) is 52.6 Å². The molecule has 33 heavy (non-hydrogen) atoms. The van der Waals surface area contributed by atoms with Crippen LogP contribution in [0.15, 0.2) is 41.3 Å². The van der Waals surface area contributed by atoms with Gasteiger partial charge in [0, 0.05) is 51.5 Å². The lowest BCUT2D eigenvalue weighted by atomic mass is 10.0. The summed E-state index contributed by atoms with van der Waals surface area (Å²) in [5.41, 5.74) is 6.66. The van der Waals surface area contributed by atoms with Crippen molar-refractivity contribution in [1.29, 1.82) is 0 Å². The lowest BCUT2D eigenvalue weighted by Gasteiger charge is -2.27. The molecule has 11 heteroatoms. The van der Waals surface area contributed by atoms with Crippen LogP contribution in [-0.2, 0) is 4.79 Å². The van der Waals surface area contributed by atoms with E-state index in [1.54, 1.807) is 41.4 Å². The minimum absolute atomic E-state index is 0.188. The molecule has 1 saturated carbocycles. The molecule has 1 aliphatic carbocycles. The van der Waals surface area contributed by atoms with Gasteiger partial charge in [-0.3, -0.25) is 19.6 Å². The predicted molar refractivity (Wildman–Crippen MR) is 120 cm³/mol. The number of carboxylic acids is 1. The topological polar surface area (TPSA) is 146 Å². The van der Waals surface area contributed by atoms with E-state index < -0.39 is 17.7 Å². The molecule has 11 nitrogen and oxygen atoms in total. The number of piperidine rings is 1. The van der Waals surface area contributed by atoms with E-state index in [9.17, 15) is 19.5 Å². The summed E-state index contributed by atoms with van der Waals surface area (Å²) in [5, 5.41) is 15.6. The van der Waals surface area contributed by atoms with Gasteiger partial charge in [0.15, 0.2) is 0 Å². The number of carbonyl (C=O) groups excluding carboxylic acids is 1. The second-order valence-electron chi connectivity index (χ2n) is 8.82. The van der Waals surface area contributed by atoms with E-state index in [0.717, 1.165) is 13.1 Å². The fraction of sp³-hybridized carbons (Fsp3) is 0.455. The molecule has 0 bridgehead atoms. The van der Waals surface area contributed by atoms with E-state index in [-0.39, 0.29) is 17.9 Å². The molecule has 2 unspecified atom stereocenters. The van der Waals surface area contributed by atoms with E-state index in [1.165, 1.54) is 4.57 Å². The van der Waals surface area contributed by atoms with Crippen molar-refractivity contribution in [2.24, 2.45) is 17.6 Å². The first-order chi connectivity index (χ1) is 15.9. The van der Waals surface area contributed by atoms with Crippen LogP contribution < -0.4 is 22.1 Å². The standard InChI is InChI=1S/C22H27N7O4/c23-18-15-11-28(12-16(15)18)19(20(30)31)13-1-3-14(4-2-13)29-8-5-17(26-22(29)33)25-21(32)27-9-6-24-7-10-27/h1-5,8,15-16,18-19,24H,6-7,9-12,23H2,(H,30,31)(H,25,26,32,33)/t15-,16+,18?,19?. The zero-order valence-corrected chi connectivity index (χ0v) is 18.1. The van der Waals surface area contributed by atoms with E-state index in [1.807, 2.05) is 4.90 Å². The molecule has 2 saturated heterocycles. The maximum Gasteiger partial charge on any atom is 0.354 e. The highest BCUT2D eigenvalue weighted by atomic mass is 16.4. The Kier molecular flexibility index (Phi) is 5.60. The summed E-state index contributed by atoms with van der Waals surface area (Å²) in [4.78, 5) is 44.4. The number of nitrogens with zero attached hydrogens (tertiary/aromatic N) is 4. The van der Waals surface area contributed by atoms with Gasteiger partial charge in [-0.2, -0.15) is 4.98 Å². The van der Waals surface area contributed by atoms with Gasteiger partial charge in [0.2, 0.25) is 0 Å². The number of hydrogen-bond donors (Lipinski definition) is 4. The number of fused-ring (bicyclic) bond motifs is 1. The highest BCUT2D eigenvalue weighted by Crippen LogP contribution is 2.46. The Morgan fingerprint density at radius 1 is 1.12 bits per heavy atom. The monoisotopic (exact) mass is 453 g/mol. The highest BCUT2D eigenvalue weighted by molar-refractivity contribution is 5.88. The maximum atomic E-state index is 12.6. The number of carboxylic acid groups (broad SMARTS) is 1. The SMILES string of the molecule is NC1[C@H]2CN(C(C(=O)O)c3ccc(-n4ccc(NC(=O)N5CCNCC5)nc4=O)cc3)C[C@@H]12. The van der Waals surface area contributed by atoms with Crippen LogP contribution in [0.5, 0.6) is 0 Å². The number of hydrogen-bond acceptors (Lipinski definition) is 7. The lowest BCUT2D eigenvalue weighted by Crippen LogP contribution is -2.48. The van der Waals surface area contributed by atoms with Crippen LogP contribution in [0.1, 0.15) is 11.6 Å². The number of nitrogens with one attached hydrogen (secondary N) is 2. The Balaban J connectivity index is 1.29. The molecule has 5 rings (SSSR count). The average molecular weight is 454 g/mol. The summed E-state index contributed by atoms with van der Waals surface area (Å²) in [7, 11) is 0. The summed E-state index contributed by atoms with van der Waals surface area (Å²) >= 11 is 0. The van der Waals surface area contributed by atoms with Gasteiger partial charge in [-0.1, -0.05) is 12.1 Å². The highest BCUT2D eigenvalue weighted by Gasteiger charge is 2.55. The van der Waals surface area contributed by atoms with E-state index in [0.29, 0.717) is 49.3 Å². The Morgan fingerprint density at radius 2 is 1.79 bits per heavy atom. The Hall–Kier alpha value is -3.28. The van der Waals surface area contributed by atoms with Gasteiger partial charge in [-0.15, -0.1) is 0 Å². The van der Waals surface area contributed by atoms with Gasteiger partial charge in [-0.05, 0) is 35.6 Å². The minimum atomic E-state index is -0.902. The summed E-state index contributed by atoms with van der Waals surface area (Å²) < 4.78 is 1.35. The molecule has 5 N–H and O–H groups in total. The quantitative estimate of drug-likeness (QED) is 0.482. The average Bonchev–Trinajstić information content (AvgIpc) is 3.19. The zero-order chi connectivity index (χ0) is 23.1. The summed E-state index contributed by atoms with van der Waals surface area (Å²) in [6.45, 7) is 4.03. The molecule has 0 radical (unpaired) electrons. The van der Waals surface area contributed by atoms with Crippen LogP contribution in [0.3, 0.4) is 0 Å². The van der Waals surface area contributed by atoms with Crippen LogP contribution >= 0.6 is 0 Å². The molecule has 3 aliphatic rings. The molecule has 1 aromatic carbocycles. The number of piperazine rings is 1. The van der Waals surface area contributed by atoms with Gasteiger partial charge in [0.1, 0.15) is 11.9 Å². The van der Waals surface area contributed by atoms with Crippen molar-refractivity contribution in [2.75, 3.05) is 44.6 Å². The third-order valence-corrected chi connectivity index (χ3v) is 6.82. The van der Waals surface area contributed by atoms with E-state index >= 15 is 0 Å². The van der Waals surface area contributed by atoms with Crippen molar-refractivity contribution in [3.63, 3.8) is 0 Å². The number of amides is 2. The number of likely N-dealkylation sites (tertiary alicyclic amines) is 1. The van der Waals surface area contributed by atoms with E-state index in [4.69, 9.17) is 5.73 Å². The molecular formula is C22H27N7O4. The summed E-state index contributed by atoms with van der Waals surface area (Å²) in [6, 6.07) is 7.60. The Labute approximate surface area is 190 Å². The van der Waals surface area contributed by atoms with Crippen molar-refractivity contribution >= 4 is 17.8 Å². The number of benzene rings is 1. The van der Waals surface area contributed by atoms with Gasteiger partial charge >= 0.3 is 17.7 Å². The lowest BCUT2D eigenvalue weighted by molar-refractivity contribution is -0.143. The van der Waals surface area contributed by atoms with Gasteiger partial charge in [-0.25, -0.2) is 9.59 Å². The van der Waals surface area contributed by atoms with Gasteiger partial charge < -0.3 is 21.1 Å². The molecule has 2 amide bonds. The molecule has 1 aromatic heterocycles. The Morgan fingerprint density at radius 3 is 2.39 bits per heavy atom. The fourth-order valence-electron chi connectivity index (χ4n) is 4.87. The first-order valence-electron chi connectivity index (χ1n) is 11.1. The molecular weight excluding hydrogens is 426 g/mol. The number of anilines is 1. The first kappa shape index (κ1) is 21.6. The second-order valence-corrected chi connectivity index (χ2v) is 8.82. The number of aromatic nitrogens is 2. The van der Waals surface area contributed by atoms with Crippen molar-refractivity contribution in [3.8, 4) is 5.69 Å². The fourth-order valence-corrected chi connectivity index (χ4v) is 4.87. The first-order valence-corrected chi connectivity index (χ1v) is 11.1. The molecule has 4 atom stereocenters. The van der Waals surface area contributed by atoms with Crippen LogP contribution in [0, 0.1) is 11.8 Å². The van der Waals surface area contributed by atoms with Crippen LogP contribution in [0.4, 0.5) is 10.6 Å². The van der Waals surface area contributed by atoms with Gasteiger partial charge in [0.25, 0.3) is 0 Å². The number of rotatable bonds is 5. The number of aliphatic carboxylic acids is 1. The summed E-state index contributed by atoms with van der Waals surface area (Å²) in [5.74, 6) is 0.0666. The molecule has 174 valence electrons. The zero-order valence-electron chi connectivity index (χ0n) is 18.1. The van der Waals surface area contributed by atoms with Crippen molar-refractivity contribution in [2.45, 2.75) is 12.1 Å².